The molecule has 5 rings (SSSR count). The maximum atomic E-state index is 13.4. The molecule has 158 valence electrons. The minimum atomic E-state index is -0.299. The lowest BCUT2D eigenvalue weighted by molar-refractivity contribution is 0.477. The highest BCUT2D eigenvalue weighted by Crippen LogP contribution is 2.32. The Morgan fingerprint density at radius 1 is 1.00 bits per heavy atom. The average molecular weight is 442 g/mol. The van der Waals surface area contributed by atoms with Crippen molar-refractivity contribution in [3.8, 4) is 28.0 Å². The topological polar surface area (TPSA) is 70.4 Å². The Morgan fingerprint density at radius 3 is 2.47 bits per heavy atom. The Balaban J connectivity index is 1.74. The molecule has 5 nitrogen and oxygen atoms in total. The number of nitrogens with zero attached hydrogens (tertiary/aromatic N) is 2. The summed E-state index contributed by atoms with van der Waals surface area (Å²) in [4.78, 5) is 16.7. The van der Waals surface area contributed by atoms with Gasteiger partial charge in [-0.2, -0.15) is 9.61 Å². The molecule has 0 aliphatic carbocycles. The van der Waals surface area contributed by atoms with Crippen LogP contribution in [0.2, 0.25) is 5.02 Å². The molecule has 2 aromatic heterocycles. The smallest absolute Gasteiger partial charge is 0.282 e. The van der Waals surface area contributed by atoms with E-state index >= 15 is 0 Å². The van der Waals surface area contributed by atoms with Gasteiger partial charge in [-0.05, 0) is 41.8 Å². The summed E-state index contributed by atoms with van der Waals surface area (Å²) in [6, 6.07) is 22.7. The molecule has 0 unspecified atom stereocenters. The fourth-order valence-electron chi connectivity index (χ4n) is 3.96. The van der Waals surface area contributed by atoms with Crippen molar-refractivity contribution in [3.63, 3.8) is 0 Å². The predicted molar refractivity (Wildman–Crippen MR) is 127 cm³/mol. The van der Waals surface area contributed by atoms with Gasteiger partial charge in [0, 0.05) is 28.8 Å². The van der Waals surface area contributed by atoms with Gasteiger partial charge in [-0.25, -0.2) is 0 Å². The largest absolute Gasteiger partial charge is 0.507 e. The SMILES string of the molecule is Cc1ccc(-c2c[nH]c3c(-c4ccc(Cl)cc4)c(Cc4ccccc4)nn3c2=O)c(O)c1. The number of nitrogens with one attached hydrogen (secondary N) is 1. The Hall–Kier alpha value is -3.83. The second-order valence-corrected chi connectivity index (χ2v) is 8.22. The van der Waals surface area contributed by atoms with Gasteiger partial charge in [0.1, 0.15) is 11.4 Å². The van der Waals surface area contributed by atoms with Gasteiger partial charge in [0.2, 0.25) is 0 Å². The lowest BCUT2D eigenvalue weighted by Gasteiger charge is -2.07. The van der Waals surface area contributed by atoms with Crippen LogP contribution in [0.3, 0.4) is 0 Å². The number of phenols is 1. The van der Waals surface area contributed by atoms with E-state index in [0.717, 1.165) is 27.9 Å². The molecule has 32 heavy (non-hydrogen) atoms. The predicted octanol–water partition coefficient (Wildman–Crippen LogP) is 5.61. The van der Waals surface area contributed by atoms with E-state index in [1.165, 1.54) is 4.52 Å². The summed E-state index contributed by atoms with van der Waals surface area (Å²) in [7, 11) is 0. The van der Waals surface area contributed by atoms with Crippen LogP contribution >= 0.6 is 11.6 Å². The maximum Gasteiger partial charge on any atom is 0.282 e. The van der Waals surface area contributed by atoms with Crippen molar-refractivity contribution in [3.05, 3.63) is 111 Å². The number of aromatic amines is 1. The van der Waals surface area contributed by atoms with E-state index in [9.17, 15) is 9.90 Å². The molecule has 2 heterocycles. The number of H-pyrrole nitrogens is 1. The number of benzene rings is 3. The van der Waals surface area contributed by atoms with Crippen molar-refractivity contribution in [1.82, 2.24) is 14.6 Å². The highest BCUT2D eigenvalue weighted by Gasteiger charge is 2.20. The minimum absolute atomic E-state index is 0.0597. The van der Waals surface area contributed by atoms with E-state index in [4.69, 9.17) is 16.7 Å². The molecule has 3 aromatic carbocycles. The van der Waals surface area contributed by atoms with Crippen LogP contribution in [0.5, 0.6) is 5.75 Å². The molecule has 2 N–H and O–H groups in total. The highest BCUT2D eigenvalue weighted by molar-refractivity contribution is 6.30. The molecule has 5 aromatic rings. The van der Waals surface area contributed by atoms with Gasteiger partial charge in [-0.1, -0.05) is 66.2 Å². The molecule has 0 bridgehead atoms. The number of halogens is 1. The molecule has 0 saturated heterocycles. The lowest BCUT2D eigenvalue weighted by atomic mass is 10.0. The van der Waals surface area contributed by atoms with E-state index in [1.807, 2.05) is 67.6 Å². The number of rotatable bonds is 4. The molecule has 0 atom stereocenters. The van der Waals surface area contributed by atoms with Crippen LogP contribution < -0.4 is 5.56 Å². The Kier molecular flexibility index (Phi) is 5.04. The second kappa shape index (κ2) is 8.02. The summed E-state index contributed by atoms with van der Waals surface area (Å²) in [5.41, 5.74) is 5.66. The van der Waals surface area contributed by atoms with Gasteiger partial charge in [0.25, 0.3) is 5.56 Å². The minimum Gasteiger partial charge on any atom is -0.507 e. The molecular formula is C26H20ClN3O2. The molecular weight excluding hydrogens is 422 g/mol. The van der Waals surface area contributed by atoms with Crippen molar-refractivity contribution in [2.45, 2.75) is 13.3 Å². The van der Waals surface area contributed by atoms with Crippen LogP contribution in [0.4, 0.5) is 0 Å². The van der Waals surface area contributed by atoms with Gasteiger partial charge < -0.3 is 10.1 Å². The van der Waals surface area contributed by atoms with Crippen LogP contribution in [0.15, 0.2) is 83.8 Å². The normalized spacial score (nSPS) is 11.2. The van der Waals surface area contributed by atoms with Crippen LogP contribution in [0, 0.1) is 6.92 Å². The summed E-state index contributed by atoms with van der Waals surface area (Å²) in [6.07, 6.45) is 2.20. The van der Waals surface area contributed by atoms with Crippen molar-refractivity contribution in [2.24, 2.45) is 0 Å². The van der Waals surface area contributed by atoms with Crippen molar-refractivity contribution in [1.29, 1.82) is 0 Å². The maximum absolute atomic E-state index is 13.4. The fraction of sp³-hybridized carbons (Fsp3) is 0.0769. The van der Waals surface area contributed by atoms with Gasteiger partial charge in [-0.3, -0.25) is 4.79 Å². The fourth-order valence-corrected chi connectivity index (χ4v) is 4.08. The Labute approximate surface area is 189 Å². The third kappa shape index (κ3) is 3.57. The summed E-state index contributed by atoms with van der Waals surface area (Å²) < 4.78 is 1.39. The van der Waals surface area contributed by atoms with Crippen LogP contribution in [0.1, 0.15) is 16.8 Å². The van der Waals surface area contributed by atoms with E-state index in [2.05, 4.69) is 4.98 Å². The molecule has 0 spiro atoms. The van der Waals surface area contributed by atoms with E-state index in [-0.39, 0.29) is 11.3 Å². The van der Waals surface area contributed by atoms with E-state index in [0.29, 0.717) is 28.2 Å². The van der Waals surface area contributed by atoms with Gasteiger partial charge >= 0.3 is 0 Å². The first-order valence-corrected chi connectivity index (χ1v) is 10.6. The van der Waals surface area contributed by atoms with Crippen molar-refractivity contribution < 1.29 is 5.11 Å². The number of hydrogen-bond acceptors (Lipinski definition) is 3. The Bertz CT molecular complexity index is 1490. The molecule has 6 heteroatoms. The number of fused-ring (bicyclic) bond motifs is 1. The number of aromatic hydroxyl groups is 1. The van der Waals surface area contributed by atoms with Crippen molar-refractivity contribution >= 4 is 17.2 Å². The number of hydrogen-bond donors (Lipinski definition) is 2. The molecule has 0 aliphatic rings. The number of aryl methyl sites for hydroxylation is 1. The monoisotopic (exact) mass is 441 g/mol. The molecule has 0 aliphatic heterocycles. The first-order valence-electron chi connectivity index (χ1n) is 10.2. The summed E-state index contributed by atoms with van der Waals surface area (Å²) in [5.74, 6) is 0.0597. The van der Waals surface area contributed by atoms with Crippen molar-refractivity contribution in [2.75, 3.05) is 0 Å². The number of aromatic nitrogens is 3. The van der Waals surface area contributed by atoms with Gasteiger partial charge in [0.15, 0.2) is 0 Å². The zero-order chi connectivity index (χ0) is 22.2. The average Bonchev–Trinajstić information content (AvgIpc) is 3.15. The number of phenolic OH excluding ortho intramolecular Hbond substituents is 1. The molecule has 0 amide bonds. The Morgan fingerprint density at radius 2 is 1.75 bits per heavy atom. The first kappa shape index (κ1) is 20.1. The second-order valence-electron chi connectivity index (χ2n) is 7.78. The molecule has 0 saturated carbocycles. The van der Waals surface area contributed by atoms with Crippen LogP contribution in [-0.2, 0) is 6.42 Å². The lowest BCUT2D eigenvalue weighted by Crippen LogP contribution is -2.17. The molecule has 0 radical (unpaired) electrons. The quantitative estimate of drug-likeness (QED) is 0.380. The van der Waals surface area contributed by atoms with E-state index in [1.54, 1.807) is 18.3 Å². The summed E-state index contributed by atoms with van der Waals surface area (Å²) in [6.45, 7) is 1.89. The molecule has 0 fully saturated rings. The van der Waals surface area contributed by atoms with Crippen LogP contribution in [0.25, 0.3) is 27.9 Å². The first-order chi connectivity index (χ1) is 15.5. The van der Waals surface area contributed by atoms with Gasteiger partial charge in [-0.15, -0.1) is 0 Å². The zero-order valence-corrected chi connectivity index (χ0v) is 18.1. The van der Waals surface area contributed by atoms with Crippen LogP contribution in [-0.4, -0.2) is 19.7 Å². The van der Waals surface area contributed by atoms with Gasteiger partial charge in [0.05, 0.1) is 11.3 Å². The third-order valence-corrected chi connectivity index (χ3v) is 5.78. The highest BCUT2D eigenvalue weighted by atomic mass is 35.5. The summed E-state index contributed by atoms with van der Waals surface area (Å²) in [5, 5.41) is 15.7. The summed E-state index contributed by atoms with van der Waals surface area (Å²) >= 11 is 6.10. The van der Waals surface area contributed by atoms with E-state index < -0.39 is 0 Å². The standard InChI is InChI=1S/C26H20ClN3O2/c1-16-7-12-20(23(31)13-16)21-15-28-25-24(18-8-10-19(27)11-9-18)22(29-30(25)26(21)32)14-17-5-3-2-4-6-17/h2-13,15,28,31H,14H2,1H3. The zero-order valence-electron chi connectivity index (χ0n) is 17.3. The third-order valence-electron chi connectivity index (χ3n) is 5.52.